The Morgan fingerprint density at radius 2 is 1.81 bits per heavy atom. The highest BCUT2D eigenvalue weighted by Gasteiger charge is 2.15. The van der Waals surface area contributed by atoms with Crippen molar-refractivity contribution in [1.82, 2.24) is 10.2 Å². The highest BCUT2D eigenvalue weighted by molar-refractivity contribution is 6.32. The second-order valence-corrected chi connectivity index (χ2v) is 7.43. The molecular weight excluding hydrogens is 348 g/mol. The van der Waals surface area contributed by atoms with Gasteiger partial charge in [-0.2, -0.15) is 0 Å². The zero-order valence-corrected chi connectivity index (χ0v) is 15.8. The SMILES string of the molecule is CC1CCN(CCNC(=O)c2ccc(-c3ccc(O)c(Cl)c3)cc2)CC1. The van der Waals surface area contributed by atoms with Gasteiger partial charge in [-0.1, -0.05) is 36.7 Å². The number of aromatic hydroxyl groups is 1. The molecule has 1 heterocycles. The Bertz CT molecular complexity index is 753. The summed E-state index contributed by atoms with van der Waals surface area (Å²) in [5.74, 6) is 0.836. The predicted molar refractivity (Wildman–Crippen MR) is 106 cm³/mol. The van der Waals surface area contributed by atoms with Gasteiger partial charge >= 0.3 is 0 Å². The number of nitrogens with zero attached hydrogens (tertiary/aromatic N) is 1. The first-order valence-corrected chi connectivity index (χ1v) is 9.50. The van der Waals surface area contributed by atoms with Crippen LogP contribution in [0.15, 0.2) is 42.5 Å². The van der Waals surface area contributed by atoms with E-state index in [-0.39, 0.29) is 11.7 Å². The molecule has 0 radical (unpaired) electrons. The number of piperidine rings is 1. The molecule has 138 valence electrons. The summed E-state index contributed by atoms with van der Waals surface area (Å²) in [5, 5.41) is 12.8. The summed E-state index contributed by atoms with van der Waals surface area (Å²) >= 11 is 5.96. The van der Waals surface area contributed by atoms with Crippen LogP contribution in [0.1, 0.15) is 30.1 Å². The molecule has 0 bridgehead atoms. The fourth-order valence-corrected chi connectivity index (χ4v) is 3.40. The number of carbonyl (C=O) groups excluding carboxylic acids is 1. The second kappa shape index (κ2) is 8.56. The molecule has 0 unspecified atom stereocenters. The Morgan fingerprint density at radius 1 is 1.15 bits per heavy atom. The highest BCUT2D eigenvalue weighted by Crippen LogP contribution is 2.29. The minimum atomic E-state index is -0.0503. The number of benzene rings is 2. The van der Waals surface area contributed by atoms with E-state index in [9.17, 15) is 9.90 Å². The van der Waals surface area contributed by atoms with Crippen molar-refractivity contribution in [3.8, 4) is 16.9 Å². The first-order valence-electron chi connectivity index (χ1n) is 9.12. The molecule has 0 saturated carbocycles. The van der Waals surface area contributed by atoms with Crippen molar-refractivity contribution in [2.24, 2.45) is 5.92 Å². The predicted octanol–water partition coefficient (Wildman–Crippen LogP) is 4.17. The van der Waals surface area contributed by atoms with Gasteiger partial charge in [0.25, 0.3) is 5.91 Å². The van der Waals surface area contributed by atoms with E-state index in [1.165, 1.54) is 12.8 Å². The zero-order chi connectivity index (χ0) is 18.5. The number of amides is 1. The van der Waals surface area contributed by atoms with E-state index in [2.05, 4.69) is 17.1 Å². The highest BCUT2D eigenvalue weighted by atomic mass is 35.5. The van der Waals surface area contributed by atoms with Crippen LogP contribution < -0.4 is 5.32 Å². The van der Waals surface area contributed by atoms with Crippen LogP contribution in [0.4, 0.5) is 0 Å². The molecule has 0 aliphatic carbocycles. The number of halogens is 1. The van der Waals surface area contributed by atoms with Gasteiger partial charge in [-0.15, -0.1) is 0 Å². The maximum absolute atomic E-state index is 12.3. The Labute approximate surface area is 159 Å². The molecule has 0 spiro atoms. The summed E-state index contributed by atoms with van der Waals surface area (Å²) in [6.45, 7) is 6.13. The average Bonchev–Trinajstić information content (AvgIpc) is 2.65. The minimum absolute atomic E-state index is 0.0503. The van der Waals surface area contributed by atoms with Crippen LogP contribution in [-0.4, -0.2) is 42.1 Å². The Balaban J connectivity index is 1.52. The van der Waals surface area contributed by atoms with Crippen molar-refractivity contribution in [2.45, 2.75) is 19.8 Å². The number of phenolic OH excluding ortho intramolecular Hbond substituents is 1. The molecule has 2 aromatic rings. The number of likely N-dealkylation sites (tertiary alicyclic amines) is 1. The van der Waals surface area contributed by atoms with Crippen LogP contribution in [0.3, 0.4) is 0 Å². The third-order valence-corrected chi connectivity index (χ3v) is 5.32. The summed E-state index contributed by atoms with van der Waals surface area (Å²) in [7, 11) is 0. The number of hydrogen-bond acceptors (Lipinski definition) is 3. The largest absolute Gasteiger partial charge is 0.506 e. The first kappa shape index (κ1) is 18.7. The van der Waals surface area contributed by atoms with Gasteiger partial charge < -0.3 is 15.3 Å². The molecule has 0 atom stereocenters. The number of rotatable bonds is 5. The Kier molecular flexibility index (Phi) is 6.17. The Morgan fingerprint density at radius 3 is 2.46 bits per heavy atom. The van der Waals surface area contributed by atoms with Gasteiger partial charge in [0.1, 0.15) is 5.75 Å². The molecule has 1 saturated heterocycles. The monoisotopic (exact) mass is 372 g/mol. The summed E-state index contributed by atoms with van der Waals surface area (Å²) in [5.41, 5.74) is 2.50. The van der Waals surface area contributed by atoms with E-state index in [0.29, 0.717) is 17.1 Å². The number of carbonyl (C=O) groups is 1. The molecule has 2 aromatic carbocycles. The first-order chi connectivity index (χ1) is 12.5. The maximum Gasteiger partial charge on any atom is 0.251 e. The molecule has 3 rings (SSSR count). The van der Waals surface area contributed by atoms with Crippen molar-refractivity contribution in [3.63, 3.8) is 0 Å². The third-order valence-electron chi connectivity index (χ3n) is 5.02. The van der Waals surface area contributed by atoms with Crippen LogP contribution in [0.5, 0.6) is 5.75 Å². The third kappa shape index (κ3) is 4.77. The Hall–Kier alpha value is -2.04. The van der Waals surface area contributed by atoms with E-state index in [1.807, 2.05) is 24.3 Å². The summed E-state index contributed by atoms with van der Waals surface area (Å²) in [6, 6.07) is 12.5. The van der Waals surface area contributed by atoms with Crippen molar-refractivity contribution in [2.75, 3.05) is 26.2 Å². The zero-order valence-electron chi connectivity index (χ0n) is 15.0. The lowest BCUT2D eigenvalue weighted by Crippen LogP contribution is -2.39. The number of hydrogen-bond donors (Lipinski definition) is 2. The van der Waals surface area contributed by atoms with E-state index in [4.69, 9.17) is 11.6 Å². The van der Waals surface area contributed by atoms with E-state index in [1.54, 1.807) is 18.2 Å². The van der Waals surface area contributed by atoms with Gasteiger partial charge in [-0.3, -0.25) is 4.79 Å². The lowest BCUT2D eigenvalue weighted by Gasteiger charge is -2.30. The van der Waals surface area contributed by atoms with Crippen LogP contribution in [0.2, 0.25) is 5.02 Å². The molecule has 1 fully saturated rings. The molecule has 1 aliphatic rings. The quantitative estimate of drug-likeness (QED) is 0.828. The van der Waals surface area contributed by atoms with Crippen molar-refractivity contribution in [3.05, 3.63) is 53.1 Å². The van der Waals surface area contributed by atoms with Gasteiger partial charge in [0.15, 0.2) is 0 Å². The van der Waals surface area contributed by atoms with Crippen LogP contribution >= 0.6 is 11.6 Å². The summed E-state index contributed by atoms with van der Waals surface area (Å²) in [6.07, 6.45) is 2.49. The van der Waals surface area contributed by atoms with E-state index < -0.39 is 0 Å². The lowest BCUT2D eigenvalue weighted by molar-refractivity contribution is 0.0944. The molecule has 1 amide bonds. The number of nitrogens with one attached hydrogen (secondary N) is 1. The number of phenols is 1. The van der Waals surface area contributed by atoms with Gasteiger partial charge in [-0.25, -0.2) is 0 Å². The summed E-state index contributed by atoms with van der Waals surface area (Å²) in [4.78, 5) is 14.7. The molecule has 5 heteroatoms. The van der Waals surface area contributed by atoms with E-state index >= 15 is 0 Å². The second-order valence-electron chi connectivity index (χ2n) is 7.02. The molecule has 0 aromatic heterocycles. The summed E-state index contributed by atoms with van der Waals surface area (Å²) < 4.78 is 0. The molecule has 1 aliphatic heterocycles. The van der Waals surface area contributed by atoms with Crippen molar-refractivity contribution in [1.29, 1.82) is 0 Å². The smallest absolute Gasteiger partial charge is 0.251 e. The topological polar surface area (TPSA) is 52.6 Å². The van der Waals surface area contributed by atoms with Gasteiger partial charge in [0.2, 0.25) is 0 Å². The average molecular weight is 373 g/mol. The maximum atomic E-state index is 12.3. The normalized spacial score (nSPS) is 15.8. The molecule has 2 N–H and O–H groups in total. The van der Waals surface area contributed by atoms with Crippen LogP contribution in [0.25, 0.3) is 11.1 Å². The standard InChI is InChI=1S/C21H25ClN2O2/c1-15-8-11-24(12-9-15)13-10-23-21(26)17-4-2-16(3-5-17)18-6-7-20(25)19(22)14-18/h2-7,14-15,25H,8-13H2,1H3,(H,23,26). The minimum Gasteiger partial charge on any atom is -0.506 e. The van der Waals surface area contributed by atoms with Crippen molar-refractivity contribution >= 4 is 17.5 Å². The van der Waals surface area contributed by atoms with Crippen molar-refractivity contribution < 1.29 is 9.90 Å². The van der Waals surface area contributed by atoms with Gasteiger partial charge in [0, 0.05) is 18.7 Å². The fraction of sp³-hybridized carbons (Fsp3) is 0.381. The fourth-order valence-electron chi connectivity index (χ4n) is 3.22. The van der Waals surface area contributed by atoms with Crippen LogP contribution in [0, 0.1) is 5.92 Å². The van der Waals surface area contributed by atoms with Gasteiger partial charge in [-0.05, 0) is 67.2 Å². The lowest BCUT2D eigenvalue weighted by atomic mass is 9.99. The van der Waals surface area contributed by atoms with Crippen LogP contribution in [-0.2, 0) is 0 Å². The molecule has 26 heavy (non-hydrogen) atoms. The molecular formula is C21H25ClN2O2. The molecule has 4 nitrogen and oxygen atoms in total. The van der Waals surface area contributed by atoms with E-state index in [0.717, 1.165) is 36.7 Å². The van der Waals surface area contributed by atoms with Gasteiger partial charge in [0.05, 0.1) is 5.02 Å².